The van der Waals surface area contributed by atoms with E-state index in [1.807, 2.05) is 18.2 Å². The minimum atomic E-state index is -3.74. The van der Waals surface area contributed by atoms with Gasteiger partial charge >= 0.3 is 0 Å². The fraction of sp³-hybridized carbons (Fsp3) is 0.368. The molecule has 0 amide bonds. The molecule has 1 aliphatic rings. The van der Waals surface area contributed by atoms with Gasteiger partial charge in [-0.15, -0.1) is 0 Å². The average Bonchev–Trinajstić information content (AvgIpc) is 2.67. The Hall–Kier alpha value is -2.09. The average molecular weight is 377 g/mol. The van der Waals surface area contributed by atoms with Gasteiger partial charge < -0.3 is 14.2 Å². The zero-order valence-electron chi connectivity index (χ0n) is 15.1. The highest BCUT2D eigenvalue weighted by Gasteiger charge is 2.29. The molecule has 1 unspecified atom stereocenters. The van der Waals surface area contributed by atoms with Crippen LogP contribution in [0.1, 0.15) is 11.1 Å². The van der Waals surface area contributed by atoms with Crippen molar-refractivity contribution < 1.29 is 22.6 Å². The molecule has 140 valence electrons. The lowest BCUT2D eigenvalue weighted by molar-refractivity contribution is 0.0202. The maximum absolute atomic E-state index is 13.0. The SMILES string of the molecule is COc1ccc(OC)c(S(=O)(=O)N(C)CC2Cc3ccccc3CO2)c1. The molecule has 0 spiro atoms. The standard InChI is InChI=1S/C19H23NO5S/c1-20(12-17-10-14-6-4-5-7-15(14)13-25-17)26(21,22)19-11-16(23-2)8-9-18(19)24-3/h4-9,11,17H,10,12-13H2,1-3H3. The van der Waals surface area contributed by atoms with Crippen molar-refractivity contribution in [1.29, 1.82) is 0 Å². The predicted molar refractivity (Wildman–Crippen MR) is 98.1 cm³/mol. The third-order valence-electron chi connectivity index (χ3n) is 4.56. The van der Waals surface area contributed by atoms with Crippen molar-refractivity contribution in [2.75, 3.05) is 27.8 Å². The van der Waals surface area contributed by atoms with E-state index in [2.05, 4.69) is 6.07 Å². The largest absolute Gasteiger partial charge is 0.497 e. The first-order valence-electron chi connectivity index (χ1n) is 8.32. The first-order chi connectivity index (χ1) is 12.5. The monoisotopic (exact) mass is 377 g/mol. The molecule has 0 radical (unpaired) electrons. The molecule has 1 atom stereocenters. The molecule has 0 aromatic heterocycles. The number of fused-ring (bicyclic) bond motifs is 1. The highest BCUT2D eigenvalue weighted by molar-refractivity contribution is 7.89. The summed E-state index contributed by atoms with van der Waals surface area (Å²) in [5, 5.41) is 0. The summed E-state index contributed by atoms with van der Waals surface area (Å²) < 4.78 is 43.6. The maximum Gasteiger partial charge on any atom is 0.246 e. The van der Waals surface area contributed by atoms with Gasteiger partial charge in [0.05, 0.1) is 26.9 Å². The number of ether oxygens (including phenoxy) is 3. The lowest BCUT2D eigenvalue weighted by Crippen LogP contribution is -2.38. The number of nitrogens with zero attached hydrogens (tertiary/aromatic N) is 1. The van der Waals surface area contributed by atoms with Gasteiger partial charge in [0, 0.05) is 26.1 Å². The minimum absolute atomic E-state index is 0.0815. The Labute approximate surface area is 154 Å². The third kappa shape index (κ3) is 3.70. The molecule has 3 rings (SSSR count). The molecule has 0 fully saturated rings. The van der Waals surface area contributed by atoms with Gasteiger partial charge in [-0.2, -0.15) is 4.31 Å². The third-order valence-corrected chi connectivity index (χ3v) is 6.40. The molecular weight excluding hydrogens is 354 g/mol. The smallest absolute Gasteiger partial charge is 0.246 e. The summed E-state index contributed by atoms with van der Waals surface area (Å²) in [4.78, 5) is 0.0815. The van der Waals surface area contributed by atoms with Crippen LogP contribution in [-0.2, 0) is 27.8 Å². The molecule has 0 bridgehead atoms. The van der Waals surface area contributed by atoms with Crippen LogP contribution in [0.5, 0.6) is 11.5 Å². The molecule has 0 N–H and O–H groups in total. The molecule has 1 aliphatic heterocycles. The number of hydrogen-bond acceptors (Lipinski definition) is 5. The fourth-order valence-corrected chi connectivity index (χ4v) is 4.43. The Kier molecular flexibility index (Phi) is 5.50. The van der Waals surface area contributed by atoms with Crippen molar-refractivity contribution in [2.45, 2.75) is 24.0 Å². The van der Waals surface area contributed by atoms with Gasteiger partial charge in [-0.3, -0.25) is 0 Å². The zero-order chi connectivity index (χ0) is 18.7. The number of hydrogen-bond donors (Lipinski definition) is 0. The lowest BCUT2D eigenvalue weighted by atomic mass is 9.99. The molecule has 7 heteroatoms. The summed E-state index contributed by atoms with van der Waals surface area (Å²) >= 11 is 0. The summed E-state index contributed by atoms with van der Waals surface area (Å²) in [6.45, 7) is 0.758. The molecule has 0 aliphatic carbocycles. The summed E-state index contributed by atoms with van der Waals surface area (Å²) in [5.74, 6) is 0.744. The van der Waals surface area contributed by atoms with E-state index >= 15 is 0 Å². The molecule has 0 saturated carbocycles. The van der Waals surface area contributed by atoms with E-state index in [1.165, 1.54) is 30.2 Å². The molecule has 2 aromatic rings. The number of rotatable bonds is 6. The normalized spacial score (nSPS) is 17.0. The zero-order valence-corrected chi connectivity index (χ0v) is 16.0. The minimum Gasteiger partial charge on any atom is -0.497 e. The number of methoxy groups -OCH3 is 2. The van der Waals surface area contributed by atoms with E-state index in [9.17, 15) is 8.42 Å². The van der Waals surface area contributed by atoms with Crippen molar-refractivity contribution in [2.24, 2.45) is 0 Å². The quantitative estimate of drug-likeness (QED) is 0.774. The van der Waals surface area contributed by atoms with Gasteiger partial charge in [0.15, 0.2) is 0 Å². The first-order valence-corrected chi connectivity index (χ1v) is 9.76. The Morgan fingerprint density at radius 1 is 1.12 bits per heavy atom. The van der Waals surface area contributed by atoms with Crippen LogP contribution >= 0.6 is 0 Å². The van der Waals surface area contributed by atoms with Gasteiger partial charge in [-0.05, 0) is 23.3 Å². The van der Waals surface area contributed by atoms with Crippen LogP contribution < -0.4 is 9.47 Å². The van der Waals surface area contributed by atoms with E-state index in [4.69, 9.17) is 14.2 Å². The van der Waals surface area contributed by atoms with Crippen LogP contribution in [-0.4, -0.2) is 46.6 Å². The van der Waals surface area contributed by atoms with Crippen LogP contribution in [0.3, 0.4) is 0 Å². The Bertz CT molecular complexity index is 881. The van der Waals surface area contributed by atoms with E-state index in [0.29, 0.717) is 18.8 Å². The van der Waals surface area contributed by atoms with Crippen LogP contribution in [0, 0.1) is 0 Å². The fourth-order valence-electron chi connectivity index (χ4n) is 3.06. The second-order valence-electron chi connectivity index (χ2n) is 6.21. The molecule has 6 nitrogen and oxygen atoms in total. The molecule has 1 heterocycles. The molecule has 2 aromatic carbocycles. The number of sulfonamides is 1. The van der Waals surface area contributed by atoms with Crippen LogP contribution in [0.4, 0.5) is 0 Å². The second-order valence-corrected chi connectivity index (χ2v) is 8.22. The summed E-state index contributed by atoms with van der Waals surface area (Å²) in [7, 11) is 0.753. The van der Waals surface area contributed by atoms with E-state index < -0.39 is 10.0 Å². The van der Waals surface area contributed by atoms with Gasteiger partial charge in [0.2, 0.25) is 10.0 Å². The lowest BCUT2D eigenvalue weighted by Gasteiger charge is -2.29. The predicted octanol–water partition coefficient (Wildman–Crippen LogP) is 2.47. The van der Waals surface area contributed by atoms with Gasteiger partial charge in [-0.25, -0.2) is 8.42 Å². The highest BCUT2D eigenvalue weighted by Crippen LogP contribution is 2.31. The Morgan fingerprint density at radius 3 is 2.54 bits per heavy atom. The van der Waals surface area contributed by atoms with Crippen molar-refractivity contribution in [3.05, 3.63) is 53.6 Å². The first kappa shape index (κ1) is 18.7. The highest BCUT2D eigenvalue weighted by atomic mass is 32.2. The maximum atomic E-state index is 13.0. The summed E-state index contributed by atoms with van der Waals surface area (Å²) in [6.07, 6.45) is 0.493. The van der Waals surface area contributed by atoms with Crippen LogP contribution in [0.15, 0.2) is 47.4 Å². The Balaban J connectivity index is 1.80. The van der Waals surface area contributed by atoms with Gasteiger partial charge in [-0.1, -0.05) is 24.3 Å². The van der Waals surface area contributed by atoms with Crippen LogP contribution in [0.25, 0.3) is 0 Å². The van der Waals surface area contributed by atoms with Crippen molar-refractivity contribution in [3.8, 4) is 11.5 Å². The van der Waals surface area contributed by atoms with Crippen molar-refractivity contribution in [3.63, 3.8) is 0 Å². The van der Waals surface area contributed by atoms with Gasteiger partial charge in [0.1, 0.15) is 16.4 Å². The van der Waals surface area contributed by atoms with E-state index in [1.54, 1.807) is 19.2 Å². The van der Waals surface area contributed by atoms with E-state index in [0.717, 1.165) is 5.56 Å². The Morgan fingerprint density at radius 2 is 1.85 bits per heavy atom. The van der Waals surface area contributed by atoms with E-state index in [-0.39, 0.29) is 23.3 Å². The van der Waals surface area contributed by atoms with Gasteiger partial charge in [0.25, 0.3) is 0 Å². The molecule has 26 heavy (non-hydrogen) atoms. The van der Waals surface area contributed by atoms with Crippen molar-refractivity contribution >= 4 is 10.0 Å². The second kappa shape index (κ2) is 7.65. The summed E-state index contributed by atoms with van der Waals surface area (Å²) in [6, 6.07) is 12.8. The molecular formula is C19H23NO5S. The summed E-state index contributed by atoms with van der Waals surface area (Å²) in [5.41, 5.74) is 2.36. The topological polar surface area (TPSA) is 65.1 Å². The van der Waals surface area contributed by atoms with Crippen LogP contribution in [0.2, 0.25) is 0 Å². The van der Waals surface area contributed by atoms with Crippen molar-refractivity contribution in [1.82, 2.24) is 4.31 Å². The number of benzene rings is 2. The number of likely N-dealkylation sites (N-methyl/N-ethyl adjacent to an activating group) is 1. The molecule has 0 saturated heterocycles.